The normalized spacial score (nSPS) is 13.1. The van der Waals surface area contributed by atoms with Crippen molar-refractivity contribution < 1.29 is 9.53 Å². The molecule has 10 heavy (non-hydrogen) atoms. The second kappa shape index (κ2) is 5.96. The van der Waals surface area contributed by atoms with Gasteiger partial charge in [0.1, 0.15) is 6.07 Å². The average molecular weight is 185 g/mol. The summed E-state index contributed by atoms with van der Waals surface area (Å²) in [5.41, 5.74) is 0. The molecule has 0 radical (unpaired) electrons. The van der Waals surface area contributed by atoms with Crippen LogP contribution in [-0.2, 0) is 9.53 Å². The Bertz CT molecular complexity index is 106. The van der Waals surface area contributed by atoms with Crippen LogP contribution in [0.15, 0.2) is 0 Å². The molecule has 0 saturated heterocycles. The van der Waals surface area contributed by atoms with Crippen LogP contribution in [0, 0.1) is 0 Å². The lowest BCUT2D eigenvalue weighted by molar-refractivity contribution is -0.112. The van der Waals surface area contributed by atoms with Crippen LogP contribution in [-0.4, -0.2) is 17.4 Å². The van der Waals surface area contributed by atoms with Crippen LogP contribution < -0.4 is 0 Å². The fraction of sp³-hybridized carbons (Fsp3) is 0.833. The zero-order chi connectivity index (χ0) is 7.98. The maximum atomic E-state index is 10.2. The Balaban J connectivity index is 3.21. The Labute approximate surface area is 70.4 Å². The summed E-state index contributed by atoms with van der Waals surface area (Å²) in [6.07, 6.45) is 0.995. The molecular weight excluding hydrogens is 175 g/mol. The van der Waals surface area contributed by atoms with E-state index in [9.17, 15) is 4.79 Å². The molecule has 0 heterocycles. The molecule has 2 nitrogen and oxygen atoms in total. The summed E-state index contributed by atoms with van der Waals surface area (Å²) in [4.78, 5) is 10.2. The molecule has 0 N–H and O–H groups in total. The highest BCUT2D eigenvalue weighted by molar-refractivity contribution is 6.63. The van der Waals surface area contributed by atoms with Crippen molar-refractivity contribution in [2.45, 2.75) is 25.9 Å². The van der Waals surface area contributed by atoms with Gasteiger partial charge in [0.2, 0.25) is 5.24 Å². The van der Waals surface area contributed by atoms with Crippen molar-refractivity contribution in [2.75, 3.05) is 6.07 Å². The molecule has 0 saturated carbocycles. The second-order valence-electron chi connectivity index (χ2n) is 1.98. The third-order valence-electron chi connectivity index (χ3n) is 1.09. The van der Waals surface area contributed by atoms with Gasteiger partial charge in [0.25, 0.3) is 0 Å². The van der Waals surface area contributed by atoms with Crippen LogP contribution in [0.3, 0.4) is 0 Å². The molecule has 4 heteroatoms. The van der Waals surface area contributed by atoms with Crippen LogP contribution in [0.1, 0.15) is 19.8 Å². The van der Waals surface area contributed by atoms with Crippen LogP contribution in [0.2, 0.25) is 0 Å². The number of hydrogen-bond acceptors (Lipinski definition) is 2. The summed E-state index contributed by atoms with van der Waals surface area (Å²) in [5.74, 6) is 0. The van der Waals surface area contributed by atoms with Crippen LogP contribution >= 0.6 is 23.2 Å². The van der Waals surface area contributed by atoms with E-state index in [1.807, 2.05) is 6.92 Å². The van der Waals surface area contributed by atoms with Gasteiger partial charge in [-0.05, 0) is 24.9 Å². The molecule has 0 aromatic rings. The van der Waals surface area contributed by atoms with Crippen molar-refractivity contribution in [3.05, 3.63) is 0 Å². The summed E-state index contributed by atoms with van der Waals surface area (Å²) in [6.45, 7) is 1.85. The number of ether oxygens (including phenoxy) is 1. The first-order valence-electron chi connectivity index (χ1n) is 3.02. The van der Waals surface area contributed by atoms with Gasteiger partial charge in [-0.2, -0.15) is 0 Å². The van der Waals surface area contributed by atoms with Crippen molar-refractivity contribution in [2.24, 2.45) is 0 Å². The third kappa shape index (κ3) is 6.33. The van der Waals surface area contributed by atoms with Gasteiger partial charge in [-0.3, -0.25) is 4.79 Å². The topological polar surface area (TPSA) is 26.3 Å². The number of rotatable bonds is 5. The Morgan fingerprint density at radius 1 is 1.70 bits per heavy atom. The van der Waals surface area contributed by atoms with E-state index in [1.54, 1.807) is 0 Å². The zero-order valence-corrected chi connectivity index (χ0v) is 7.28. The monoisotopic (exact) mass is 184 g/mol. The summed E-state index contributed by atoms with van der Waals surface area (Å²) >= 11 is 10.4. The predicted octanol–water partition coefficient (Wildman–Crippen LogP) is 2.13. The summed E-state index contributed by atoms with van der Waals surface area (Å²) < 4.78 is 4.95. The standard InChI is InChI=1S/C6H10Cl2O2/c1-5(10-4-7)2-3-6(8)9/h5H,2-4H2,1H3. The summed E-state index contributed by atoms with van der Waals surface area (Å²) in [5, 5.41) is -0.329. The van der Waals surface area contributed by atoms with E-state index in [0.717, 1.165) is 0 Å². The maximum absolute atomic E-state index is 10.2. The molecule has 0 aliphatic rings. The van der Waals surface area contributed by atoms with E-state index in [-0.39, 0.29) is 17.4 Å². The molecule has 60 valence electrons. The lowest BCUT2D eigenvalue weighted by Crippen LogP contribution is -2.07. The molecule has 0 fully saturated rings. The molecular formula is C6H10Cl2O2. The Kier molecular flexibility index (Phi) is 6.08. The minimum atomic E-state index is -0.329. The van der Waals surface area contributed by atoms with E-state index in [2.05, 4.69) is 0 Å². The fourth-order valence-electron chi connectivity index (χ4n) is 0.508. The van der Waals surface area contributed by atoms with Gasteiger partial charge in [-0.1, -0.05) is 11.6 Å². The fourth-order valence-corrected chi connectivity index (χ4v) is 0.832. The highest BCUT2D eigenvalue weighted by atomic mass is 35.5. The first-order chi connectivity index (χ1) is 4.66. The van der Waals surface area contributed by atoms with Gasteiger partial charge in [-0.15, -0.1) is 0 Å². The first kappa shape index (κ1) is 10.2. The Hall–Kier alpha value is 0.210. The largest absolute Gasteiger partial charge is 0.363 e. The number of hydrogen-bond donors (Lipinski definition) is 0. The number of alkyl halides is 1. The molecule has 1 atom stereocenters. The van der Waals surface area contributed by atoms with E-state index in [4.69, 9.17) is 27.9 Å². The van der Waals surface area contributed by atoms with Crippen LogP contribution in [0.25, 0.3) is 0 Å². The highest BCUT2D eigenvalue weighted by Crippen LogP contribution is 2.03. The molecule has 0 bridgehead atoms. The lowest BCUT2D eigenvalue weighted by Gasteiger charge is -2.07. The van der Waals surface area contributed by atoms with Crippen LogP contribution in [0.5, 0.6) is 0 Å². The molecule has 0 rings (SSSR count). The summed E-state index contributed by atoms with van der Waals surface area (Å²) in [7, 11) is 0. The number of carbonyl (C=O) groups excluding carboxylic acids is 1. The van der Waals surface area contributed by atoms with E-state index < -0.39 is 0 Å². The summed E-state index contributed by atoms with van der Waals surface area (Å²) in [6, 6.07) is 0.164. The third-order valence-corrected chi connectivity index (χ3v) is 1.41. The maximum Gasteiger partial charge on any atom is 0.221 e. The number of halogens is 2. The zero-order valence-electron chi connectivity index (χ0n) is 5.77. The van der Waals surface area contributed by atoms with Gasteiger partial charge in [0.05, 0.1) is 6.10 Å². The van der Waals surface area contributed by atoms with E-state index in [1.165, 1.54) is 0 Å². The molecule has 0 amide bonds. The average Bonchev–Trinajstić information content (AvgIpc) is 1.85. The van der Waals surface area contributed by atoms with Crippen LogP contribution in [0.4, 0.5) is 0 Å². The van der Waals surface area contributed by atoms with E-state index >= 15 is 0 Å². The second-order valence-corrected chi connectivity index (χ2v) is 2.62. The van der Waals surface area contributed by atoms with Gasteiger partial charge in [-0.25, -0.2) is 0 Å². The van der Waals surface area contributed by atoms with Crippen molar-refractivity contribution >= 4 is 28.4 Å². The Morgan fingerprint density at radius 3 is 2.70 bits per heavy atom. The van der Waals surface area contributed by atoms with Gasteiger partial charge in [0, 0.05) is 6.42 Å². The lowest BCUT2D eigenvalue weighted by atomic mass is 10.2. The quantitative estimate of drug-likeness (QED) is 0.484. The highest BCUT2D eigenvalue weighted by Gasteiger charge is 2.03. The van der Waals surface area contributed by atoms with Crippen molar-refractivity contribution in [1.82, 2.24) is 0 Å². The molecule has 1 unspecified atom stereocenters. The smallest absolute Gasteiger partial charge is 0.221 e. The minimum absolute atomic E-state index is 0.0141. The van der Waals surface area contributed by atoms with Gasteiger partial charge in [0.15, 0.2) is 0 Å². The molecule has 0 aromatic heterocycles. The van der Waals surface area contributed by atoms with Gasteiger partial charge < -0.3 is 4.74 Å². The SMILES string of the molecule is CC(CCC(=O)Cl)OCCl. The molecule has 0 aromatic carbocycles. The molecule has 0 aliphatic heterocycles. The van der Waals surface area contributed by atoms with Crippen molar-refractivity contribution in [3.63, 3.8) is 0 Å². The van der Waals surface area contributed by atoms with Crippen molar-refractivity contribution in [3.8, 4) is 0 Å². The van der Waals surface area contributed by atoms with Gasteiger partial charge >= 0.3 is 0 Å². The minimum Gasteiger partial charge on any atom is -0.363 e. The van der Waals surface area contributed by atoms with Crippen molar-refractivity contribution in [1.29, 1.82) is 0 Å². The van der Waals surface area contributed by atoms with E-state index in [0.29, 0.717) is 12.8 Å². The first-order valence-corrected chi connectivity index (χ1v) is 3.94. The molecule has 0 aliphatic carbocycles. The molecule has 0 spiro atoms. The predicted molar refractivity (Wildman–Crippen MR) is 41.4 cm³/mol. The number of carbonyl (C=O) groups is 1. The Morgan fingerprint density at radius 2 is 2.30 bits per heavy atom.